The quantitative estimate of drug-likeness (QED) is 0.718. The standard InChI is InChI=1S/C15H24N2O/c1-11-5-4-8-14(15(11)16)17-9-12-6-2-3-7-13(12)10-18/h4-5,8,12-13,17-18H,2-3,6-7,9-10,16H2,1H3. The van der Waals surface area contributed by atoms with Crippen molar-refractivity contribution >= 4 is 11.4 Å². The highest BCUT2D eigenvalue weighted by molar-refractivity contribution is 5.69. The highest BCUT2D eigenvalue weighted by atomic mass is 16.3. The van der Waals surface area contributed by atoms with Gasteiger partial charge in [0.15, 0.2) is 0 Å². The molecule has 0 aliphatic heterocycles. The molecule has 18 heavy (non-hydrogen) atoms. The Kier molecular flexibility index (Phi) is 4.48. The summed E-state index contributed by atoms with van der Waals surface area (Å²) in [5.41, 5.74) is 9.03. The van der Waals surface area contributed by atoms with Gasteiger partial charge in [0.25, 0.3) is 0 Å². The van der Waals surface area contributed by atoms with E-state index in [1.807, 2.05) is 25.1 Å². The van der Waals surface area contributed by atoms with Gasteiger partial charge in [0, 0.05) is 13.2 Å². The molecule has 2 atom stereocenters. The Morgan fingerprint density at radius 1 is 1.28 bits per heavy atom. The third-order valence-corrected chi connectivity index (χ3v) is 4.18. The number of nitrogens with one attached hydrogen (secondary N) is 1. The molecule has 1 aliphatic carbocycles. The van der Waals surface area contributed by atoms with Gasteiger partial charge in [-0.2, -0.15) is 0 Å². The van der Waals surface area contributed by atoms with Crippen molar-refractivity contribution < 1.29 is 5.11 Å². The normalized spacial score (nSPS) is 23.9. The first-order valence-corrected chi connectivity index (χ1v) is 6.92. The minimum atomic E-state index is 0.315. The number of nitrogen functional groups attached to an aromatic ring is 1. The van der Waals surface area contributed by atoms with Crippen LogP contribution in [0.15, 0.2) is 18.2 Å². The number of hydrogen-bond acceptors (Lipinski definition) is 3. The Morgan fingerprint density at radius 2 is 2.00 bits per heavy atom. The van der Waals surface area contributed by atoms with Crippen molar-refractivity contribution in [3.8, 4) is 0 Å². The number of hydrogen-bond donors (Lipinski definition) is 3. The number of aryl methyl sites for hydroxylation is 1. The van der Waals surface area contributed by atoms with Crippen molar-refractivity contribution in [3.63, 3.8) is 0 Å². The van der Waals surface area contributed by atoms with E-state index in [2.05, 4.69) is 5.32 Å². The topological polar surface area (TPSA) is 58.3 Å². The smallest absolute Gasteiger partial charge is 0.0579 e. The molecule has 0 bridgehead atoms. The molecule has 1 aliphatic rings. The molecule has 0 saturated heterocycles. The average molecular weight is 248 g/mol. The molecule has 4 N–H and O–H groups in total. The first-order chi connectivity index (χ1) is 8.72. The van der Waals surface area contributed by atoms with E-state index in [9.17, 15) is 5.11 Å². The molecule has 1 saturated carbocycles. The lowest BCUT2D eigenvalue weighted by molar-refractivity contribution is 0.141. The molecular weight excluding hydrogens is 224 g/mol. The molecule has 2 rings (SSSR count). The van der Waals surface area contributed by atoms with Crippen molar-refractivity contribution in [2.24, 2.45) is 11.8 Å². The minimum Gasteiger partial charge on any atom is -0.397 e. The number of rotatable bonds is 4. The number of aliphatic hydroxyl groups is 1. The Bertz CT molecular complexity index is 392. The summed E-state index contributed by atoms with van der Waals surface area (Å²) >= 11 is 0. The zero-order chi connectivity index (χ0) is 13.0. The summed E-state index contributed by atoms with van der Waals surface area (Å²) in [5, 5.41) is 12.9. The van der Waals surface area contributed by atoms with Crippen molar-refractivity contribution in [1.29, 1.82) is 0 Å². The maximum absolute atomic E-state index is 9.40. The summed E-state index contributed by atoms with van der Waals surface area (Å²) in [4.78, 5) is 0. The second-order valence-electron chi connectivity index (χ2n) is 5.40. The highest BCUT2D eigenvalue weighted by Gasteiger charge is 2.24. The monoisotopic (exact) mass is 248 g/mol. The third-order valence-electron chi connectivity index (χ3n) is 4.18. The molecule has 0 aromatic heterocycles. The van der Waals surface area contributed by atoms with Gasteiger partial charge in [0.05, 0.1) is 11.4 Å². The Labute approximate surface area is 109 Å². The van der Waals surface area contributed by atoms with E-state index in [-0.39, 0.29) is 0 Å². The Hall–Kier alpha value is -1.22. The summed E-state index contributed by atoms with van der Waals surface area (Å²) in [6.45, 7) is 3.26. The molecule has 100 valence electrons. The van der Waals surface area contributed by atoms with Crippen LogP contribution in [0.25, 0.3) is 0 Å². The lowest BCUT2D eigenvalue weighted by atomic mass is 9.79. The molecule has 0 spiro atoms. The van der Waals surface area contributed by atoms with E-state index in [4.69, 9.17) is 5.73 Å². The summed E-state index contributed by atoms with van der Waals surface area (Å²) < 4.78 is 0. The summed E-state index contributed by atoms with van der Waals surface area (Å²) in [7, 11) is 0. The van der Waals surface area contributed by atoms with Gasteiger partial charge in [0.1, 0.15) is 0 Å². The van der Waals surface area contributed by atoms with Crippen LogP contribution in [0.4, 0.5) is 11.4 Å². The Morgan fingerprint density at radius 3 is 2.72 bits per heavy atom. The van der Waals surface area contributed by atoms with Gasteiger partial charge in [-0.25, -0.2) is 0 Å². The zero-order valence-corrected chi connectivity index (χ0v) is 11.2. The van der Waals surface area contributed by atoms with Gasteiger partial charge in [-0.05, 0) is 43.2 Å². The summed E-state index contributed by atoms with van der Waals surface area (Å²) in [5.74, 6) is 1.03. The molecule has 1 aromatic rings. The fourth-order valence-corrected chi connectivity index (χ4v) is 2.87. The number of aliphatic hydroxyl groups excluding tert-OH is 1. The maximum atomic E-state index is 9.40. The Balaban J connectivity index is 1.96. The van der Waals surface area contributed by atoms with Crippen LogP contribution in [0.5, 0.6) is 0 Å². The van der Waals surface area contributed by atoms with Gasteiger partial charge in [-0.3, -0.25) is 0 Å². The SMILES string of the molecule is Cc1cccc(NCC2CCCCC2CO)c1N. The predicted molar refractivity (Wildman–Crippen MR) is 76.6 cm³/mol. The van der Waals surface area contributed by atoms with E-state index in [1.165, 1.54) is 19.3 Å². The molecular formula is C15H24N2O. The van der Waals surface area contributed by atoms with Crippen LogP contribution in [0, 0.1) is 18.8 Å². The van der Waals surface area contributed by atoms with Crippen LogP contribution in [0.2, 0.25) is 0 Å². The van der Waals surface area contributed by atoms with E-state index in [0.29, 0.717) is 18.4 Å². The number of nitrogens with two attached hydrogens (primary N) is 1. The number of para-hydroxylation sites is 1. The van der Waals surface area contributed by atoms with Crippen LogP contribution in [0.1, 0.15) is 31.2 Å². The van der Waals surface area contributed by atoms with Crippen LogP contribution in [-0.4, -0.2) is 18.3 Å². The van der Waals surface area contributed by atoms with Gasteiger partial charge in [-0.1, -0.05) is 25.0 Å². The van der Waals surface area contributed by atoms with Gasteiger partial charge in [0.2, 0.25) is 0 Å². The van der Waals surface area contributed by atoms with Crippen molar-refractivity contribution in [2.45, 2.75) is 32.6 Å². The van der Waals surface area contributed by atoms with Crippen LogP contribution >= 0.6 is 0 Å². The van der Waals surface area contributed by atoms with Crippen LogP contribution < -0.4 is 11.1 Å². The molecule has 1 fully saturated rings. The minimum absolute atomic E-state index is 0.315. The molecule has 0 amide bonds. The fourth-order valence-electron chi connectivity index (χ4n) is 2.87. The summed E-state index contributed by atoms with van der Waals surface area (Å²) in [6.07, 6.45) is 4.91. The maximum Gasteiger partial charge on any atom is 0.0579 e. The van der Waals surface area contributed by atoms with Gasteiger partial charge >= 0.3 is 0 Å². The van der Waals surface area contributed by atoms with Crippen LogP contribution in [-0.2, 0) is 0 Å². The first-order valence-electron chi connectivity index (χ1n) is 6.92. The van der Waals surface area contributed by atoms with E-state index in [0.717, 1.165) is 29.9 Å². The van der Waals surface area contributed by atoms with Crippen molar-refractivity contribution in [1.82, 2.24) is 0 Å². The molecule has 0 radical (unpaired) electrons. The van der Waals surface area contributed by atoms with Gasteiger partial charge < -0.3 is 16.2 Å². The first kappa shape index (κ1) is 13.2. The molecule has 2 unspecified atom stereocenters. The van der Waals surface area contributed by atoms with Crippen molar-refractivity contribution in [2.75, 3.05) is 24.2 Å². The number of benzene rings is 1. The number of anilines is 2. The third kappa shape index (κ3) is 2.96. The molecule has 0 heterocycles. The molecule has 3 nitrogen and oxygen atoms in total. The van der Waals surface area contributed by atoms with E-state index >= 15 is 0 Å². The molecule has 1 aromatic carbocycles. The second-order valence-corrected chi connectivity index (χ2v) is 5.40. The largest absolute Gasteiger partial charge is 0.397 e. The lowest BCUT2D eigenvalue weighted by Gasteiger charge is -2.30. The predicted octanol–water partition coefficient (Wildman–Crippen LogP) is 2.79. The summed E-state index contributed by atoms with van der Waals surface area (Å²) in [6, 6.07) is 6.08. The average Bonchev–Trinajstić information content (AvgIpc) is 2.41. The fraction of sp³-hybridized carbons (Fsp3) is 0.600. The molecule has 3 heteroatoms. The van der Waals surface area contributed by atoms with E-state index in [1.54, 1.807) is 0 Å². The van der Waals surface area contributed by atoms with E-state index < -0.39 is 0 Å². The lowest BCUT2D eigenvalue weighted by Crippen LogP contribution is -2.28. The van der Waals surface area contributed by atoms with Crippen molar-refractivity contribution in [3.05, 3.63) is 23.8 Å². The highest BCUT2D eigenvalue weighted by Crippen LogP contribution is 2.30. The second kappa shape index (κ2) is 6.10. The zero-order valence-electron chi connectivity index (χ0n) is 11.2. The van der Waals surface area contributed by atoms with Gasteiger partial charge in [-0.15, -0.1) is 0 Å². The van der Waals surface area contributed by atoms with Crippen LogP contribution in [0.3, 0.4) is 0 Å².